The van der Waals surface area contributed by atoms with E-state index < -0.39 is 17.8 Å². The number of carbonyl (C=O) groups is 3. The summed E-state index contributed by atoms with van der Waals surface area (Å²) in [5.74, 6) is -2.66. The molecule has 0 N–H and O–H groups in total. The van der Waals surface area contributed by atoms with E-state index in [1.165, 1.54) is 19.1 Å². The Morgan fingerprint density at radius 1 is 1.20 bits per heavy atom. The summed E-state index contributed by atoms with van der Waals surface area (Å²) in [6.07, 6.45) is 0. The molecule has 0 unspecified atom stereocenters. The molecule has 2 aromatic rings. The number of carbonyl (C=O) groups excluding carboxylic acids is 3. The van der Waals surface area contributed by atoms with Gasteiger partial charge in [0.25, 0.3) is 17.6 Å². The first kappa shape index (κ1) is 12.0. The van der Waals surface area contributed by atoms with E-state index in [2.05, 4.69) is 14.7 Å². The molecule has 2 heterocycles. The van der Waals surface area contributed by atoms with Crippen LogP contribution in [0.25, 0.3) is 0 Å². The molecule has 20 heavy (non-hydrogen) atoms. The van der Waals surface area contributed by atoms with Crippen molar-refractivity contribution in [3.05, 3.63) is 47.1 Å². The molecule has 0 saturated heterocycles. The van der Waals surface area contributed by atoms with E-state index in [4.69, 9.17) is 4.84 Å². The van der Waals surface area contributed by atoms with Crippen molar-refractivity contribution in [2.45, 2.75) is 6.92 Å². The Labute approximate surface area is 111 Å². The molecule has 100 valence electrons. The molecule has 0 radical (unpaired) electrons. The summed E-state index contributed by atoms with van der Waals surface area (Å²) in [5.41, 5.74) is 0.351. The van der Waals surface area contributed by atoms with Gasteiger partial charge in [0.05, 0.1) is 11.1 Å². The van der Waals surface area contributed by atoms with Crippen molar-refractivity contribution in [1.82, 2.24) is 15.2 Å². The highest BCUT2D eigenvalue weighted by Gasteiger charge is 2.39. The van der Waals surface area contributed by atoms with Gasteiger partial charge >= 0.3 is 5.97 Å². The van der Waals surface area contributed by atoms with Gasteiger partial charge in [0, 0.05) is 6.92 Å². The third-order valence-corrected chi connectivity index (χ3v) is 2.64. The fraction of sp³-hybridized carbons (Fsp3) is 0.0833. The van der Waals surface area contributed by atoms with Crippen LogP contribution in [0.1, 0.15) is 37.2 Å². The standard InChI is InChI=1S/C12H7N3O5/c1-6-13-9(14-19-6)12(18)20-15-10(16)7-4-2-3-5-8(7)11(15)17/h2-5H,1H3. The molecule has 0 atom stereocenters. The van der Waals surface area contributed by atoms with E-state index in [9.17, 15) is 14.4 Å². The molecule has 3 rings (SSSR count). The summed E-state index contributed by atoms with van der Waals surface area (Å²) >= 11 is 0. The highest BCUT2D eigenvalue weighted by molar-refractivity contribution is 6.21. The third-order valence-electron chi connectivity index (χ3n) is 2.64. The van der Waals surface area contributed by atoms with E-state index in [0.29, 0.717) is 5.06 Å². The Bertz CT molecular complexity index is 701. The van der Waals surface area contributed by atoms with E-state index >= 15 is 0 Å². The molecule has 2 amide bonds. The molecule has 1 aromatic heterocycles. The van der Waals surface area contributed by atoms with Crippen LogP contribution in [0.5, 0.6) is 0 Å². The Balaban J connectivity index is 1.85. The average Bonchev–Trinajstić information content (AvgIpc) is 2.98. The highest BCUT2D eigenvalue weighted by atomic mass is 16.7. The van der Waals surface area contributed by atoms with Crippen molar-refractivity contribution in [1.29, 1.82) is 0 Å². The summed E-state index contributed by atoms with van der Waals surface area (Å²) in [5, 5.41) is 3.73. The van der Waals surface area contributed by atoms with Gasteiger partial charge in [0.2, 0.25) is 5.89 Å². The van der Waals surface area contributed by atoms with Crippen LogP contribution in [0.3, 0.4) is 0 Å². The molecule has 1 aliphatic heterocycles. The number of hydrogen-bond acceptors (Lipinski definition) is 7. The number of hydroxylamine groups is 2. The fourth-order valence-corrected chi connectivity index (χ4v) is 1.76. The van der Waals surface area contributed by atoms with Crippen molar-refractivity contribution >= 4 is 17.8 Å². The number of aryl methyl sites for hydroxylation is 1. The second-order valence-corrected chi connectivity index (χ2v) is 3.97. The van der Waals surface area contributed by atoms with Gasteiger partial charge in [0.1, 0.15) is 0 Å². The topological polar surface area (TPSA) is 103 Å². The van der Waals surface area contributed by atoms with E-state index in [1.807, 2.05) is 0 Å². The number of benzene rings is 1. The molecule has 0 fully saturated rings. The van der Waals surface area contributed by atoms with Crippen LogP contribution >= 0.6 is 0 Å². The number of imide groups is 1. The van der Waals surface area contributed by atoms with Gasteiger partial charge in [-0.1, -0.05) is 17.2 Å². The van der Waals surface area contributed by atoms with E-state index in [-0.39, 0.29) is 22.8 Å². The minimum atomic E-state index is -1.05. The first-order valence-electron chi connectivity index (χ1n) is 5.58. The Morgan fingerprint density at radius 2 is 1.80 bits per heavy atom. The lowest BCUT2D eigenvalue weighted by atomic mass is 10.1. The molecule has 8 heteroatoms. The summed E-state index contributed by atoms with van der Waals surface area (Å²) in [6, 6.07) is 6.17. The first-order valence-corrected chi connectivity index (χ1v) is 5.58. The SMILES string of the molecule is Cc1nc(C(=O)ON2C(=O)c3ccccc3C2=O)no1. The largest absolute Gasteiger partial charge is 0.404 e. The maximum absolute atomic E-state index is 11.9. The Morgan fingerprint density at radius 3 is 2.30 bits per heavy atom. The van der Waals surface area contributed by atoms with Gasteiger partial charge < -0.3 is 9.36 Å². The second-order valence-electron chi connectivity index (χ2n) is 3.97. The molecule has 8 nitrogen and oxygen atoms in total. The van der Waals surface area contributed by atoms with Gasteiger partial charge in [-0.15, -0.1) is 0 Å². The predicted octanol–water partition coefficient (Wildman–Crippen LogP) is 0.746. The molecular weight excluding hydrogens is 266 g/mol. The molecular formula is C12H7N3O5. The lowest BCUT2D eigenvalue weighted by Crippen LogP contribution is -2.33. The van der Waals surface area contributed by atoms with Crippen molar-refractivity contribution in [3.8, 4) is 0 Å². The van der Waals surface area contributed by atoms with Crippen LogP contribution in [0.15, 0.2) is 28.8 Å². The summed E-state index contributed by atoms with van der Waals surface area (Å²) in [7, 11) is 0. The zero-order valence-corrected chi connectivity index (χ0v) is 10.2. The summed E-state index contributed by atoms with van der Waals surface area (Å²) < 4.78 is 4.62. The van der Waals surface area contributed by atoms with Gasteiger partial charge in [-0.05, 0) is 17.3 Å². The number of amides is 2. The van der Waals surface area contributed by atoms with Crippen LogP contribution in [0.2, 0.25) is 0 Å². The fourth-order valence-electron chi connectivity index (χ4n) is 1.76. The highest BCUT2D eigenvalue weighted by Crippen LogP contribution is 2.22. The number of rotatable bonds is 2. The monoisotopic (exact) mass is 273 g/mol. The molecule has 0 spiro atoms. The lowest BCUT2D eigenvalue weighted by molar-refractivity contribution is -0.0594. The maximum atomic E-state index is 11.9. The van der Waals surface area contributed by atoms with Crippen molar-refractivity contribution in [2.24, 2.45) is 0 Å². The van der Waals surface area contributed by atoms with E-state index in [1.54, 1.807) is 12.1 Å². The molecule has 1 aromatic carbocycles. The Hall–Kier alpha value is -3.03. The normalized spacial score (nSPS) is 13.6. The number of hydrogen-bond donors (Lipinski definition) is 0. The van der Waals surface area contributed by atoms with Crippen LogP contribution < -0.4 is 0 Å². The van der Waals surface area contributed by atoms with Crippen molar-refractivity contribution in [2.75, 3.05) is 0 Å². The lowest BCUT2D eigenvalue weighted by Gasteiger charge is -2.10. The minimum Gasteiger partial charge on any atom is -0.339 e. The summed E-state index contributed by atoms with van der Waals surface area (Å²) in [6.45, 7) is 1.49. The van der Waals surface area contributed by atoms with Crippen LogP contribution in [0, 0.1) is 6.92 Å². The Kier molecular flexibility index (Phi) is 2.56. The smallest absolute Gasteiger partial charge is 0.339 e. The maximum Gasteiger partial charge on any atom is 0.404 e. The van der Waals surface area contributed by atoms with Crippen molar-refractivity contribution < 1.29 is 23.7 Å². The number of nitrogens with zero attached hydrogens (tertiary/aromatic N) is 3. The summed E-state index contributed by atoms with van der Waals surface area (Å²) in [4.78, 5) is 44.0. The van der Waals surface area contributed by atoms with Crippen LogP contribution in [-0.4, -0.2) is 33.0 Å². The second kappa shape index (κ2) is 4.26. The van der Waals surface area contributed by atoms with Gasteiger partial charge in [-0.25, -0.2) is 4.79 Å². The predicted molar refractivity (Wildman–Crippen MR) is 61.4 cm³/mol. The van der Waals surface area contributed by atoms with E-state index in [0.717, 1.165) is 0 Å². The zero-order chi connectivity index (χ0) is 14.3. The average molecular weight is 273 g/mol. The van der Waals surface area contributed by atoms with Crippen molar-refractivity contribution in [3.63, 3.8) is 0 Å². The van der Waals surface area contributed by atoms with Gasteiger partial charge in [-0.2, -0.15) is 4.98 Å². The van der Waals surface area contributed by atoms with Crippen LogP contribution in [0.4, 0.5) is 0 Å². The van der Waals surface area contributed by atoms with Crippen LogP contribution in [-0.2, 0) is 4.84 Å². The third kappa shape index (κ3) is 1.74. The van der Waals surface area contributed by atoms with Gasteiger partial charge in [0.15, 0.2) is 0 Å². The molecule has 1 aliphatic rings. The quantitative estimate of drug-likeness (QED) is 0.743. The number of aromatic nitrogens is 2. The zero-order valence-electron chi connectivity index (χ0n) is 10.2. The molecule has 0 saturated carbocycles. The first-order chi connectivity index (χ1) is 9.58. The molecule has 0 bridgehead atoms. The number of fused-ring (bicyclic) bond motifs is 1. The minimum absolute atomic E-state index is 0.166. The van der Waals surface area contributed by atoms with Gasteiger partial charge in [-0.3, -0.25) is 9.59 Å². The molecule has 0 aliphatic carbocycles.